The fourth-order valence-electron chi connectivity index (χ4n) is 2.12. The Bertz CT molecular complexity index is 664. The highest BCUT2D eigenvalue weighted by molar-refractivity contribution is 6.39. The molecule has 7 heteroatoms. The molecule has 0 saturated carbocycles. The first-order valence-corrected chi connectivity index (χ1v) is 7.12. The molecule has 0 saturated heterocycles. The third-order valence-electron chi connectivity index (χ3n) is 3.31. The van der Waals surface area contributed by atoms with Crippen LogP contribution in [0.2, 0.25) is 5.02 Å². The summed E-state index contributed by atoms with van der Waals surface area (Å²) in [6, 6.07) is 8.32. The molecule has 0 N–H and O–H groups in total. The van der Waals surface area contributed by atoms with Crippen LogP contribution in [0, 0.1) is 23.2 Å². The molecule has 1 aliphatic heterocycles. The Labute approximate surface area is 132 Å². The second-order valence-corrected chi connectivity index (χ2v) is 5.16. The van der Waals surface area contributed by atoms with Gasteiger partial charge in [0.05, 0.1) is 18.4 Å². The SMILES string of the molecule is CCOC(=O)C1=NN(c2ccc(Cl)cc2)C(=O)C(C#N)C1C. The predicted octanol–water partition coefficient (Wildman–Crippen LogP) is 2.38. The number of nitrogens with zero attached hydrogens (tertiary/aromatic N) is 3. The molecule has 114 valence electrons. The smallest absolute Gasteiger partial charge is 0.354 e. The highest BCUT2D eigenvalue weighted by atomic mass is 35.5. The summed E-state index contributed by atoms with van der Waals surface area (Å²) in [6.07, 6.45) is 0. The summed E-state index contributed by atoms with van der Waals surface area (Å²) < 4.78 is 4.94. The minimum Gasteiger partial charge on any atom is -0.461 e. The fourth-order valence-corrected chi connectivity index (χ4v) is 2.24. The van der Waals surface area contributed by atoms with Crippen LogP contribution in [0.1, 0.15) is 13.8 Å². The molecule has 2 rings (SSSR count). The van der Waals surface area contributed by atoms with Crippen LogP contribution in [0.5, 0.6) is 0 Å². The topological polar surface area (TPSA) is 82.8 Å². The average molecular weight is 320 g/mol. The van der Waals surface area contributed by atoms with E-state index >= 15 is 0 Å². The van der Waals surface area contributed by atoms with Crippen molar-refractivity contribution in [2.75, 3.05) is 11.6 Å². The maximum absolute atomic E-state index is 12.4. The molecule has 1 aromatic carbocycles. The minimum atomic E-state index is -0.993. The number of carbonyl (C=O) groups is 2. The third kappa shape index (κ3) is 2.95. The number of halogens is 1. The molecule has 0 radical (unpaired) electrons. The molecule has 2 atom stereocenters. The summed E-state index contributed by atoms with van der Waals surface area (Å²) >= 11 is 5.82. The van der Waals surface area contributed by atoms with E-state index < -0.39 is 23.7 Å². The van der Waals surface area contributed by atoms with Gasteiger partial charge in [-0.2, -0.15) is 15.4 Å². The molecule has 0 bridgehead atoms. The molecule has 0 aromatic heterocycles. The highest BCUT2D eigenvalue weighted by Gasteiger charge is 2.41. The number of hydrogen-bond donors (Lipinski definition) is 0. The van der Waals surface area contributed by atoms with Gasteiger partial charge >= 0.3 is 5.97 Å². The van der Waals surface area contributed by atoms with Gasteiger partial charge in [-0.3, -0.25) is 4.79 Å². The van der Waals surface area contributed by atoms with Crippen LogP contribution in [0.25, 0.3) is 0 Å². The van der Waals surface area contributed by atoms with Gasteiger partial charge in [0.2, 0.25) is 0 Å². The lowest BCUT2D eigenvalue weighted by atomic mass is 9.88. The van der Waals surface area contributed by atoms with Crippen molar-refractivity contribution in [2.45, 2.75) is 13.8 Å². The van der Waals surface area contributed by atoms with E-state index in [0.29, 0.717) is 10.7 Å². The van der Waals surface area contributed by atoms with E-state index in [2.05, 4.69) is 5.10 Å². The number of anilines is 1. The number of benzene rings is 1. The molecule has 0 fully saturated rings. The Morgan fingerprint density at radius 2 is 2.09 bits per heavy atom. The monoisotopic (exact) mass is 319 g/mol. The van der Waals surface area contributed by atoms with Crippen molar-refractivity contribution in [3.63, 3.8) is 0 Å². The van der Waals surface area contributed by atoms with Gasteiger partial charge in [-0.05, 0) is 31.2 Å². The van der Waals surface area contributed by atoms with Crippen molar-refractivity contribution in [2.24, 2.45) is 16.9 Å². The average Bonchev–Trinajstić information content (AvgIpc) is 2.49. The quantitative estimate of drug-likeness (QED) is 0.801. The first-order valence-electron chi connectivity index (χ1n) is 6.74. The van der Waals surface area contributed by atoms with Crippen molar-refractivity contribution in [3.05, 3.63) is 29.3 Å². The normalized spacial score (nSPS) is 21.1. The van der Waals surface area contributed by atoms with Gasteiger partial charge in [-0.1, -0.05) is 18.5 Å². The number of ether oxygens (including phenoxy) is 1. The molecule has 6 nitrogen and oxygen atoms in total. The van der Waals surface area contributed by atoms with Crippen LogP contribution in [-0.2, 0) is 14.3 Å². The largest absolute Gasteiger partial charge is 0.461 e. The number of hydrogen-bond acceptors (Lipinski definition) is 5. The Hall–Kier alpha value is -2.39. The summed E-state index contributed by atoms with van der Waals surface area (Å²) in [5.74, 6) is -2.72. The first-order chi connectivity index (χ1) is 10.5. The minimum absolute atomic E-state index is 0.0583. The maximum atomic E-state index is 12.4. The number of amides is 1. The van der Waals surface area contributed by atoms with Crippen molar-refractivity contribution in [3.8, 4) is 6.07 Å². The molecule has 22 heavy (non-hydrogen) atoms. The van der Waals surface area contributed by atoms with Crippen LogP contribution >= 0.6 is 11.6 Å². The molecule has 2 unspecified atom stereocenters. The summed E-state index contributed by atoms with van der Waals surface area (Å²) in [5, 5.41) is 14.9. The van der Waals surface area contributed by atoms with Crippen molar-refractivity contribution >= 4 is 34.9 Å². The van der Waals surface area contributed by atoms with Gasteiger partial charge in [-0.15, -0.1) is 0 Å². The van der Waals surface area contributed by atoms with Crippen LogP contribution in [0.15, 0.2) is 29.4 Å². The molecular formula is C15H14ClN3O3. The van der Waals surface area contributed by atoms with Gasteiger partial charge in [-0.25, -0.2) is 4.79 Å². The van der Waals surface area contributed by atoms with Crippen LogP contribution < -0.4 is 5.01 Å². The zero-order valence-corrected chi connectivity index (χ0v) is 12.9. The van der Waals surface area contributed by atoms with E-state index in [-0.39, 0.29) is 12.3 Å². The summed E-state index contributed by atoms with van der Waals surface area (Å²) in [7, 11) is 0. The van der Waals surface area contributed by atoms with E-state index in [1.807, 2.05) is 6.07 Å². The second kappa shape index (κ2) is 6.58. The molecule has 1 aliphatic rings. The number of esters is 1. The Morgan fingerprint density at radius 1 is 1.45 bits per heavy atom. The van der Waals surface area contributed by atoms with Crippen LogP contribution in [0.3, 0.4) is 0 Å². The summed E-state index contributed by atoms with van der Waals surface area (Å²) in [4.78, 5) is 24.4. The van der Waals surface area contributed by atoms with E-state index in [1.54, 1.807) is 38.1 Å². The molecule has 0 aliphatic carbocycles. The molecular weight excluding hydrogens is 306 g/mol. The van der Waals surface area contributed by atoms with E-state index in [0.717, 1.165) is 5.01 Å². The number of nitriles is 1. The maximum Gasteiger partial charge on any atom is 0.354 e. The zero-order valence-electron chi connectivity index (χ0n) is 12.1. The number of carbonyl (C=O) groups excluding carboxylic acids is 2. The molecule has 1 heterocycles. The number of hydrazone groups is 1. The van der Waals surface area contributed by atoms with Crippen molar-refractivity contribution in [1.82, 2.24) is 0 Å². The van der Waals surface area contributed by atoms with Crippen molar-refractivity contribution < 1.29 is 14.3 Å². The zero-order chi connectivity index (χ0) is 16.3. The summed E-state index contributed by atoms with van der Waals surface area (Å²) in [5.41, 5.74) is 0.492. The second-order valence-electron chi connectivity index (χ2n) is 4.73. The Balaban J connectivity index is 2.47. The fraction of sp³-hybridized carbons (Fsp3) is 0.333. The molecule has 1 aromatic rings. The van der Waals surface area contributed by atoms with Gasteiger partial charge in [0, 0.05) is 10.9 Å². The van der Waals surface area contributed by atoms with Gasteiger partial charge in [0.25, 0.3) is 5.91 Å². The lowest BCUT2D eigenvalue weighted by Crippen LogP contribution is -2.46. The lowest BCUT2D eigenvalue weighted by Gasteiger charge is -2.29. The van der Waals surface area contributed by atoms with Crippen LogP contribution in [0.4, 0.5) is 5.69 Å². The van der Waals surface area contributed by atoms with Gasteiger partial charge in [0.1, 0.15) is 5.92 Å². The third-order valence-corrected chi connectivity index (χ3v) is 3.56. The van der Waals surface area contributed by atoms with Gasteiger partial charge < -0.3 is 4.74 Å². The van der Waals surface area contributed by atoms with Gasteiger partial charge in [0.15, 0.2) is 5.71 Å². The Kier molecular flexibility index (Phi) is 4.78. The highest BCUT2D eigenvalue weighted by Crippen LogP contribution is 2.28. The lowest BCUT2D eigenvalue weighted by molar-refractivity contribution is -0.135. The van der Waals surface area contributed by atoms with E-state index in [9.17, 15) is 14.9 Å². The van der Waals surface area contributed by atoms with E-state index in [4.69, 9.17) is 16.3 Å². The predicted molar refractivity (Wildman–Crippen MR) is 81.3 cm³/mol. The first kappa shape index (κ1) is 16.0. The summed E-state index contributed by atoms with van der Waals surface area (Å²) in [6.45, 7) is 3.48. The van der Waals surface area contributed by atoms with Crippen LogP contribution in [-0.4, -0.2) is 24.2 Å². The Morgan fingerprint density at radius 3 is 2.64 bits per heavy atom. The molecule has 1 amide bonds. The molecule has 0 spiro atoms. The standard InChI is InChI=1S/C15H14ClN3O3/c1-3-22-15(21)13-9(2)12(8-17)14(20)19(18-13)11-6-4-10(16)5-7-11/h4-7,9,12H,3H2,1-2H3. The number of rotatable bonds is 3. The van der Waals surface area contributed by atoms with Crippen molar-refractivity contribution in [1.29, 1.82) is 5.26 Å². The van der Waals surface area contributed by atoms with E-state index in [1.165, 1.54) is 0 Å².